The first-order valence-electron chi connectivity index (χ1n) is 14.8. The van der Waals surface area contributed by atoms with Crippen molar-refractivity contribution in [3.8, 4) is 0 Å². The number of hydrogen-bond donors (Lipinski definition) is 2. The zero-order valence-electron chi connectivity index (χ0n) is 23.8. The molecule has 1 aromatic carbocycles. The van der Waals surface area contributed by atoms with Gasteiger partial charge < -0.3 is 24.8 Å². The molecular formula is C31H44N2O6S. The number of aryl methyl sites for hydroxylation is 1. The molecule has 2 fully saturated rings. The summed E-state index contributed by atoms with van der Waals surface area (Å²) < 4.78 is 49.1. The van der Waals surface area contributed by atoms with Crippen LogP contribution in [-0.4, -0.2) is 65.8 Å². The lowest BCUT2D eigenvalue weighted by Crippen LogP contribution is -2.46. The van der Waals surface area contributed by atoms with Crippen LogP contribution in [0.3, 0.4) is 0 Å². The van der Waals surface area contributed by atoms with Gasteiger partial charge in [-0.05, 0) is 102 Å². The van der Waals surface area contributed by atoms with Crippen molar-refractivity contribution in [3.63, 3.8) is 0 Å². The third-order valence-corrected chi connectivity index (χ3v) is 9.69. The molecule has 0 saturated carbocycles. The molecule has 0 aromatic heterocycles. The second kappa shape index (κ2) is 13.8. The van der Waals surface area contributed by atoms with Crippen molar-refractivity contribution in [2.24, 2.45) is 0 Å². The third-order valence-electron chi connectivity index (χ3n) is 8.39. The average Bonchev–Trinajstić information content (AvgIpc) is 2.99. The maximum Gasteiger partial charge on any atom is 0.297 e. The summed E-state index contributed by atoms with van der Waals surface area (Å²) >= 11 is 0. The van der Waals surface area contributed by atoms with Gasteiger partial charge in [0.2, 0.25) is 0 Å². The number of allylic oxidation sites excluding steroid dienone is 1. The highest BCUT2D eigenvalue weighted by Crippen LogP contribution is 2.32. The summed E-state index contributed by atoms with van der Waals surface area (Å²) in [7, 11) is -1.86. The van der Waals surface area contributed by atoms with Gasteiger partial charge in [0.25, 0.3) is 10.1 Å². The molecule has 8 nitrogen and oxygen atoms in total. The Balaban J connectivity index is 1.16. The van der Waals surface area contributed by atoms with Crippen LogP contribution in [0.1, 0.15) is 63.4 Å². The van der Waals surface area contributed by atoms with Crippen LogP contribution in [0, 0.1) is 6.92 Å². The molecule has 2 N–H and O–H groups in total. The predicted molar refractivity (Wildman–Crippen MR) is 154 cm³/mol. The monoisotopic (exact) mass is 572 g/mol. The molecule has 0 radical (unpaired) electrons. The topological polar surface area (TPSA) is 95.1 Å². The molecule has 40 heavy (non-hydrogen) atoms. The standard InChI is InChI=1S/C31H44N2O6S/c1-22-6-14-28(15-7-22)40(34,35)38-21-27(39-31-5-3-4-18-36-31)20-37-26-13-17-30-24(19-26)10-16-29(33-30)23-8-11-25(32-2)12-9-23/h6-8,13-15,19,25,27,29-33H,3-5,9-12,16-18,20-21H2,1-2H3/t25-,27?,29?,30-,31?/m0/s1. The molecule has 5 atom stereocenters. The van der Waals surface area contributed by atoms with Gasteiger partial charge in [-0.15, -0.1) is 0 Å². The zero-order chi connectivity index (χ0) is 28.0. The van der Waals surface area contributed by atoms with Gasteiger partial charge in [-0.2, -0.15) is 8.42 Å². The van der Waals surface area contributed by atoms with E-state index in [1.54, 1.807) is 29.8 Å². The summed E-state index contributed by atoms with van der Waals surface area (Å²) in [6.45, 7) is 2.59. The summed E-state index contributed by atoms with van der Waals surface area (Å²) in [6.07, 6.45) is 15.0. The van der Waals surface area contributed by atoms with Crippen LogP contribution in [0.2, 0.25) is 0 Å². The van der Waals surface area contributed by atoms with Crippen molar-refractivity contribution in [2.45, 2.75) is 100 Å². The van der Waals surface area contributed by atoms with E-state index < -0.39 is 16.2 Å². The summed E-state index contributed by atoms with van der Waals surface area (Å²) in [5, 5.41) is 7.26. The second-order valence-corrected chi connectivity index (χ2v) is 12.9. The molecule has 0 amide bonds. The van der Waals surface area contributed by atoms with E-state index in [2.05, 4.69) is 28.9 Å². The molecule has 220 valence electrons. The lowest BCUT2D eigenvalue weighted by Gasteiger charge is -2.37. The van der Waals surface area contributed by atoms with Crippen LogP contribution < -0.4 is 10.6 Å². The number of nitrogens with one attached hydrogen (secondary N) is 2. The lowest BCUT2D eigenvalue weighted by atomic mass is 9.82. The molecule has 3 unspecified atom stereocenters. The Kier molecular flexibility index (Phi) is 10.1. The van der Waals surface area contributed by atoms with E-state index in [9.17, 15) is 8.42 Å². The van der Waals surface area contributed by atoms with E-state index in [0.717, 1.165) is 62.7 Å². The average molecular weight is 573 g/mol. The van der Waals surface area contributed by atoms with Crippen LogP contribution in [0.15, 0.2) is 64.3 Å². The first-order valence-corrected chi connectivity index (χ1v) is 16.2. The van der Waals surface area contributed by atoms with Gasteiger partial charge in [-0.1, -0.05) is 29.3 Å². The number of fused-ring (bicyclic) bond motifs is 1. The van der Waals surface area contributed by atoms with E-state index in [1.807, 2.05) is 14.0 Å². The Hall–Kier alpha value is -2.01. The zero-order valence-corrected chi connectivity index (χ0v) is 24.6. The first kappa shape index (κ1) is 29.5. The van der Waals surface area contributed by atoms with Gasteiger partial charge in [-0.3, -0.25) is 4.18 Å². The highest BCUT2D eigenvalue weighted by Gasteiger charge is 2.30. The van der Waals surface area contributed by atoms with Crippen molar-refractivity contribution < 1.29 is 26.8 Å². The Morgan fingerprint density at radius 2 is 1.82 bits per heavy atom. The van der Waals surface area contributed by atoms with Gasteiger partial charge >= 0.3 is 0 Å². The Morgan fingerprint density at radius 3 is 2.55 bits per heavy atom. The van der Waals surface area contributed by atoms with Crippen LogP contribution in [0.5, 0.6) is 0 Å². The van der Waals surface area contributed by atoms with Crippen molar-refractivity contribution in [2.75, 3.05) is 26.9 Å². The minimum absolute atomic E-state index is 0.131. The largest absolute Gasteiger partial charge is 0.491 e. The summed E-state index contributed by atoms with van der Waals surface area (Å²) in [5.41, 5.74) is 3.91. The van der Waals surface area contributed by atoms with Crippen LogP contribution in [-0.2, 0) is 28.5 Å². The Labute approximate surface area is 239 Å². The van der Waals surface area contributed by atoms with E-state index in [-0.39, 0.29) is 24.4 Å². The third kappa shape index (κ3) is 7.84. The predicted octanol–water partition coefficient (Wildman–Crippen LogP) is 4.66. The molecule has 0 spiro atoms. The maximum atomic E-state index is 12.8. The number of hydrogen-bond acceptors (Lipinski definition) is 8. The molecule has 2 aliphatic carbocycles. The smallest absolute Gasteiger partial charge is 0.297 e. The van der Waals surface area contributed by atoms with E-state index in [4.69, 9.17) is 18.4 Å². The fraction of sp³-hybridized carbons (Fsp3) is 0.613. The molecule has 1 aromatic rings. The van der Waals surface area contributed by atoms with Crippen molar-refractivity contribution in [1.82, 2.24) is 10.6 Å². The molecule has 4 aliphatic rings. The number of benzene rings is 1. The van der Waals surface area contributed by atoms with Gasteiger partial charge in [0.1, 0.15) is 18.5 Å². The molecule has 5 rings (SSSR count). The SMILES string of the molecule is CN[C@H]1CC=C(C2CCC3=CC(OCC(COS(=O)(=O)c4ccc(C)cc4)OC4CCCCO4)=CC[C@@H]3N2)CC1. The minimum atomic E-state index is -3.91. The van der Waals surface area contributed by atoms with E-state index in [1.165, 1.54) is 12.0 Å². The van der Waals surface area contributed by atoms with Crippen LogP contribution >= 0.6 is 0 Å². The molecule has 0 bridgehead atoms. The molecule has 2 heterocycles. The summed E-state index contributed by atoms with van der Waals surface area (Å²) in [4.78, 5) is 0.131. The minimum Gasteiger partial charge on any atom is -0.491 e. The molecule has 2 aliphatic heterocycles. The van der Waals surface area contributed by atoms with Gasteiger partial charge in [0.05, 0.1) is 11.5 Å². The number of piperidine rings is 1. The first-order chi connectivity index (χ1) is 19.4. The van der Waals surface area contributed by atoms with Gasteiger partial charge in [-0.25, -0.2) is 0 Å². The Morgan fingerprint density at radius 1 is 1.00 bits per heavy atom. The fourth-order valence-electron chi connectivity index (χ4n) is 5.90. The fourth-order valence-corrected chi connectivity index (χ4v) is 6.84. The summed E-state index contributed by atoms with van der Waals surface area (Å²) in [6, 6.07) is 8.02. The van der Waals surface area contributed by atoms with Crippen LogP contribution in [0.4, 0.5) is 0 Å². The number of rotatable bonds is 11. The van der Waals surface area contributed by atoms with Crippen molar-refractivity contribution in [3.05, 3.63) is 65.0 Å². The molecular weight excluding hydrogens is 528 g/mol. The highest BCUT2D eigenvalue weighted by atomic mass is 32.2. The van der Waals surface area contributed by atoms with Gasteiger partial charge in [0, 0.05) is 24.7 Å². The maximum absolute atomic E-state index is 12.8. The quantitative estimate of drug-likeness (QED) is 0.292. The highest BCUT2D eigenvalue weighted by molar-refractivity contribution is 7.86. The second-order valence-electron chi connectivity index (χ2n) is 11.3. The Bertz CT molecular complexity index is 1190. The van der Waals surface area contributed by atoms with Crippen LogP contribution in [0.25, 0.3) is 0 Å². The lowest BCUT2D eigenvalue weighted by molar-refractivity contribution is -0.200. The molecule has 9 heteroatoms. The van der Waals surface area contributed by atoms with E-state index in [0.29, 0.717) is 24.7 Å². The van der Waals surface area contributed by atoms with Gasteiger partial charge in [0.15, 0.2) is 6.29 Å². The van der Waals surface area contributed by atoms with E-state index >= 15 is 0 Å². The van der Waals surface area contributed by atoms with Crippen molar-refractivity contribution >= 4 is 10.1 Å². The number of ether oxygens (including phenoxy) is 3. The normalized spacial score (nSPS) is 28.1. The molecule has 2 saturated heterocycles. The van der Waals surface area contributed by atoms with Crippen molar-refractivity contribution in [1.29, 1.82) is 0 Å². The summed E-state index contributed by atoms with van der Waals surface area (Å²) in [5.74, 6) is 0.805.